The highest BCUT2D eigenvalue weighted by atomic mass is 16.4. The molecular weight excluding hydrogens is 184 g/mol. The van der Waals surface area contributed by atoms with Gasteiger partial charge in [-0.2, -0.15) is 0 Å². The zero-order chi connectivity index (χ0) is 9.97. The number of aldehydes is 1. The fourth-order valence-electron chi connectivity index (χ4n) is 1.10. The van der Waals surface area contributed by atoms with Gasteiger partial charge in [0, 0.05) is 11.1 Å². The molecule has 0 amide bonds. The second kappa shape index (κ2) is 3.29. The van der Waals surface area contributed by atoms with E-state index >= 15 is 0 Å². The van der Waals surface area contributed by atoms with E-state index in [1.54, 1.807) is 24.3 Å². The summed E-state index contributed by atoms with van der Waals surface area (Å²) in [6, 6.07) is 6.63. The number of hydrogen-bond donors (Lipinski definition) is 1. The predicted molar refractivity (Wildman–Crippen MR) is 47.9 cm³/mol. The van der Waals surface area contributed by atoms with Crippen LogP contribution in [0.25, 0.3) is 11.5 Å². The summed E-state index contributed by atoms with van der Waals surface area (Å²) in [5, 5.41) is 5.79. The highest BCUT2D eigenvalue weighted by Crippen LogP contribution is 2.15. The highest BCUT2D eigenvalue weighted by molar-refractivity contribution is 5.77. The van der Waals surface area contributed by atoms with Gasteiger partial charge < -0.3 is 4.42 Å². The number of aromatic nitrogens is 2. The maximum atomic E-state index is 10.7. The highest BCUT2D eigenvalue weighted by Gasteiger charge is 2.04. The lowest BCUT2D eigenvalue weighted by Crippen LogP contribution is -1.93. The predicted octanol–water partition coefficient (Wildman–Crippen LogP) is 0.842. The van der Waals surface area contributed by atoms with Gasteiger partial charge in [0.15, 0.2) is 0 Å². The lowest BCUT2D eigenvalue weighted by Gasteiger charge is -1.94. The van der Waals surface area contributed by atoms with E-state index in [0.717, 1.165) is 0 Å². The Labute approximate surface area is 78.4 Å². The van der Waals surface area contributed by atoms with Gasteiger partial charge in [-0.15, -0.1) is 5.10 Å². The van der Waals surface area contributed by atoms with Crippen molar-refractivity contribution >= 4 is 6.29 Å². The van der Waals surface area contributed by atoms with Gasteiger partial charge in [0.2, 0.25) is 5.89 Å². The van der Waals surface area contributed by atoms with Crippen molar-refractivity contribution < 1.29 is 9.21 Å². The fraction of sp³-hybridized carbons (Fsp3) is 0. The number of carbonyl (C=O) groups excluding carboxylic acids is 1. The Bertz CT molecular complexity index is 513. The van der Waals surface area contributed by atoms with Crippen molar-refractivity contribution in [1.29, 1.82) is 0 Å². The fourth-order valence-corrected chi connectivity index (χ4v) is 1.10. The molecule has 0 aliphatic heterocycles. The molecule has 14 heavy (non-hydrogen) atoms. The topological polar surface area (TPSA) is 76.0 Å². The Morgan fingerprint density at radius 2 is 2.29 bits per heavy atom. The van der Waals surface area contributed by atoms with Crippen LogP contribution in [-0.4, -0.2) is 16.5 Å². The minimum absolute atomic E-state index is 0.179. The molecule has 1 heterocycles. The van der Waals surface area contributed by atoms with Crippen LogP contribution in [0.4, 0.5) is 0 Å². The number of rotatable bonds is 2. The number of H-pyrrole nitrogens is 1. The maximum Gasteiger partial charge on any atom is 0.434 e. The van der Waals surface area contributed by atoms with Crippen molar-refractivity contribution in [2.24, 2.45) is 0 Å². The molecule has 5 nitrogen and oxygen atoms in total. The lowest BCUT2D eigenvalue weighted by molar-refractivity contribution is 0.112. The van der Waals surface area contributed by atoms with E-state index in [-0.39, 0.29) is 5.89 Å². The Hall–Kier alpha value is -2.17. The summed E-state index contributed by atoms with van der Waals surface area (Å²) in [4.78, 5) is 21.1. The zero-order valence-electron chi connectivity index (χ0n) is 7.06. The lowest BCUT2D eigenvalue weighted by atomic mass is 10.1. The second-order valence-corrected chi connectivity index (χ2v) is 2.66. The third kappa shape index (κ3) is 1.47. The van der Waals surface area contributed by atoms with Crippen LogP contribution in [0.15, 0.2) is 33.5 Å². The van der Waals surface area contributed by atoms with E-state index in [1.807, 2.05) is 0 Å². The third-order valence-corrected chi connectivity index (χ3v) is 1.71. The molecule has 0 aliphatic rings. The van der Waals surface area contributed by atoms with E-state index in [0.29, 0.717) is 17.4 Å². The Balaban J connectivity index is 2.51. The van der Waals surface area contributed by atoms with Gasteiger partial charge >= 0.3 is 5.76 Å². The van der Waals surface area contributed by atoms with Crippen LogP contribution in [0.2, 0.25) is 0 Å². The van der Waals surface area contributed by atoms with Crippen molar-refractivity contribution in [1.82, 2.24) is 10.2 Å². The molecule has 1 N–H and O–H groups in total. The summed E-state index contributed by atoms with van der Waals surface area (Å²) in [6.07, 6.45) is 0.717. The summed E-state index contributed by atoms with van der Waals surface area (Å²) in [6.45, 7) is 0. The van der Waals surface area contributed by atoms with Gasteiger partial charge in [0.05, 0.1) is 0 Å². The molecule has 2 rings (SSSR count). The minimum atomic E-state index is -0.614. The maximum absolute atomic E-state index is 10.7. The Morgan fingerprint density at radius 1 is 1.43 bits per heavy atom. The van der Waals surface area contributed by atoms with E-state index in [2.05, 4.69) is 10.2 Å². The summed E-state index contributed by atoms with van der Waals surface area (Å²) in [5.74, 6) is -0.435. The summed E-state index contributed by atoms with van der Waals surface area (Å²) < 4.78 is 4.73. The second-order valence-electron chi connectivity index (χ2n) is 2.66. The van der Waals surface area contributed by atoms with Crippen LogP contribution in [0, 0.1) is 0 Å². The molecule has 0 bridgehead atoms. The third-order valence-electron chi connectivity index (χ3n) is 1.71. The summed E-state index contributed by atoms with van der Waals surface area (Å²) in [5.41, 5.74) is 1.10. The first-order valence-electron chi connectivity index (χ1n) is 3.91. The first-order chi connectivity index (χ1) is 6.79. The molecule has 70 valence electrons. The first kappa shape index (κ1) is 8.43. The quantitative estimate of drug-likeness (QED) is 0.712. The molecule has 2 aromatic rings. The number of nitrogens with one attached hydrogen (secondary N) is 1. The van der Waals surface area contributed by atoms with Gasteiger partial charge in [-0.1, -0.05) is 12.1 Å². The molecule has 0 spiro atoms. The smallest absolute Gasteiger partial charge is 0.388 e. The van der Waals surface area contributed by atoms with Crippen molar-refractivity contribution in [3.63, 3.8) is 0 Å². The Morgan fingerprint density at radius 3 is 2.93 bits per heavy atom. The first-order valence-corrected chi connectivity index (χ1v) is 3.91. The summed E-state index contributed by atoms with van der Waals surface area (Å²) in [7, 11) is 0. The molecule has 1 aromatic heterocycles. The van der Waals surface area contributed by atoms with Gasteiger partial charge in [0.1, 0.15) is 6.29 Å². The number of aromatic amines is 1. The van der Waals surface area contributed by atoms with Crippen molar-refractivity contribution in [2.45, 2.75) is 0 Å². The number of nitrogens with zero attached hydrogens (tertiary/aromatic N) is 1. The standard InChI is InChI=1S/C9H6N2O3/c12-5-6-2-1-3-7(4-6)8-10-11-9(13)14-8/h1-5H,(H,11,13). The molecular formula is C9H6N2O3. The molecule has 0 saturated heterocycles. The normalized spacial score (nSPS) is 10.0. The Kier molecular flexibility index (Phi) is 1.98. The van der Waals surface area contributed by atoms with Crippen molar-refractivity contribution in [3.05, 3.63) is 40.4 Å². The number of benzene rings is 1. The van der Waals surface area contributed by atoms with E-state index in [9.17, 15) is 9.59 Å². The molecule has 0 unspecified atom stereocenters. The molecule has 0 aliphatic carbocycles. The largest absolute Gasteiger partial charge is 0.434 e. The summed E-state index contributed by atoms with van der Waals surface area (Å²) >= 11 is 0. The van der Waals surface area contributed by atoms with Crippen LogP contribution in [0.3, 0.4) is 0 Å². The van der Waals surface area contributed by atoms with Crippen LogP contribution in [0.1, 0.15) is 10.4 Å². The van der Waals surface area contributed by atoms with Crippen LogP contribution in [-0.2, 0) is 0 Å². The average Bonchev–Trinajstić information content (AvgIpc) is 2.65. The molecule has 0 atom stereocenters. The molecule has 0 saturated carbocycles. The van der Waals surface area contributed by atoms with Gasteiger partial charge in [-0.3, -0.25) is 4.79 Å². The van der Waals surface area contributed by atoms with Crippen molar-refractivity contribution in [3.8, 4) is 11.5 Å². The average molecular weight is 190 g/mol. The minimum Gasteiger partial charge on any atom is -0.388 e. The van der Waals surface area contributed by atoms with Crippen LogP contribution >= 0.6 is 0 Å². The molecule has 1 aromatic carbocycles. The van der Waals surface area contributed by atoms with Gasteiger partial charge in [-0.05, 0) is 12.1 Å². The van der Waals surface area contributed by atoms with Crippen molar-refractivity contribution in [2.75, 3.05) is 0 Å². The SMILES string of the molecule is O=Cc1cccc(-c2n[nH]c(=O)o2)c1. The van der Waals surface area contributed by atoms with Gasteiger partial charge in [0.25, 0.3) is 0 Å². The molecule has 0 radical (unpaired) electrons. The monoisotopic (exact) mass is 190 g/mol. The number of hydrogen-bond acceptors (Lipinski definition) is 4. The number of carbonyl (C=O) groups is 1. The van der Waals surface area contributed by atoms with Gasteiger partial charge in [-0.25, -0.2) is 9.89 Å². The van der Waals surface area contributed by atoms with E-state index in [1.165, 1.54) is 0 Å². The molecule has 5 heteroatoms. The molecule has 0 fully saturated rings. The zero-order valence-corrected chi connectivity index (χ0v) is 7.06. The van der Waals surface area contributed by atoms with Crippen LogP contribution < -0.4 is 5.76 Å². The van der Waals surface area contributed by atoms with Crippen LogP contribution in [0.5, 0.6) is 0 Å². The van der Waals surface area contributed by atoms with E-state index < -0.39 is 5.76 Å². The van der Waals surface area contributed by atoms with E-state index in [4.69, 9.17) is 4.42 Å².